The van der Waals surface area contributed by atoms with Crippen LogP contribution < -0.4 is 4.74 Å². The quantitative estimate of drug-likeness (QED) is 0.446. The number of ether oxygens (including phenoxy) is 2. The van der Waals surface area contributed by atoms with Gasteiger partial charge in [-0.15, -0.1) is 26.3 Å². The van der Waals surface area contributed by atoms with Gasteiger partial charge < -0.3 is 9.47 Å². The van der Waals surface area contributed by atoms with Crippen molar-refractivity contribution in [2.24, 2.45) is 0 Å². The molecule has 0 unspecified atom stereocenters. The summed E-state index contributed by atoms with van der Waals surface area (Å²) in [4.78, 5) is 16.3. The van der Waals surface area contributed by atoms with Gasteiger partial charge in [-0.2, -0.15) is 0 Å². The summed E-state index contributed by atoms with van der Waals surface area (Å²) in [5, 5.41) is 14.5. The summed E-state index contributed by atoms with van der Waals surface area (Å²) in [5.74, 6) is 2.81. The van der Waals surface area contributed by atoms with Crippen LogP contribution in [0.3, 0.4) is 0 Å². The van der Waals surface area contributed by atoms with E-state index in [2.05, 4.69) is 15.2 Å². The number of morpholine rings is 1. The largest absolute Gasteiger partial charge is 0.497 e. The molecule has 0 N–H and O–H groups in total. The van der Waals surface area contributed by atoms with Crippen LogP contribution in [0, 0.1) is 0 Å². The van der Waals surface area contributed by atoms with Crippen molar-refractivity contribution < 1.29 is 9.47 Å². The zero-order valence-electron chi connectivity index (χ0n) is 18.5. The molecule has 1 aromatic carbocycles. The number of nitrogens with zero attached hydrogens (tertiary/aromatic N) is 7. The average Bonchev–Trinajstić information content (AvgIpc) is 3.49. The lowest BCUT2D eigenvalue weighted by molar-refractivity contribution is 0.0331. The first kappa shape index (κ1) is 20.6. The Kier molecular flexibility index (Phi) is 5.49. The molecule has 6 rings (SSSR count). The van der Waals surface area contributed by atoms with Gasteiger partial charge in [0.25, 0.3) is 0 Å². The number of aromatic nitrogens is 6. The summed E-state index contributed by atoms with van der Waals surface area (Å²) in [5.41, 5.74) is 2.21. The molecule has 9 nitrogen and oxygen atoms in total. The normalized spacial score (nSPS) is 16.8. The number of fused-ring (bicyclic) bond motifs is 3. The van der Waals surface area contributed by atoms with Crippen LogP contribution in [0.4, 0.5) is 0 Å². The van der Waals surface area contributed by atoms with E-state index in [1.54, 1.807) is 23.2 Å². The maximum atomic E-state index is 5.50. The topological polar surface area (TPSA) is 91.1 Å². The fraction of sp³-hybridized carbons (Fsp3) is 0.435. The molecule has 0 spiro atoms. The Balaban J connectivity index is 1.44. The Morgan fingerprint density at radius 1 is 1.12 bits per heavy atom. The van der Waals surface area contributed by atoms with E-state index in [0.717, 1.165) is 72.3 Å². The number of tetrazole rings is 1. The lowest BCUT2D eigenvalue weighted by Gasteiger charge is -2.25. The molecule has 0 saturated carbocycles. The van der Waals surface area contributed by atoms with Crippen molar-refractivity contribution in [2.75, 3.05) is 33.4 Å². The third kappa shape index (κ3) is 3.98. The maximum absolute atomic E-state index is 5.50. The minimum atomic E-state index is 0.541. The molecule has 0 amide bonds. The van der Waals surface area contributed by atoms with E-state index >= 15 is 0 Å². The minimum absolute atomic E-state index is 0.541. The number of methoxy groups -OCH3 is 1. The molecule has 3 aromatic heterocycles. The SMILES string of the molecule is COc1cccc(-c2nnn(-c3nc(CN4CCOCC4)nc4sc5c(c34)CCCC5)n2)c1. The van der Waals surface area contributed by atoms with Crippen LogP contribution >= 0.6 is 11.3 Å². The van der Waals surface area contributed by atoms with Crippen molar-refractivity contribution in [3.05, 3.63) is 40.5 Å². The predicted molar refractivity (Wildman–Crippen MR) is 125 cm³/mol. The molecule has 10 heteroatoms. The second-order valence-electron chi connectivity index (χ2n) is 8.38. The van der Waals surface area contributed by atoms with Gasteiger partial charge in [0.2, 0.25) is 5.82 Å². The highest BCUT2D eigenvalue weighted by atomic mass is 32.1. The predicted octanol–water partition coefficient (Wildman–Crippen LogP) is 3.05. The minimum Gasteiger partial charge on any atom is -0.497 e. The smallest absolute Gasteiger partial charge is 0.205 e. The molecule has 1 saturated heterocycles. The highest BCUT2D eigenvalue weighted by Crippen LogP contribution is 2.38. The summed E-state index contributed by atoms with van der Waals surface area (Å²) in [6, 6.07) is 7.69. The fourth-order valence-electron chi connectivity index (χ4n) is 4.54. The first-order chi connectivity index (χ1) is 16.3. The van der Waals surface area contributed by atoms with Crippen molar-refractivity contribution in [2.45, 2.75) is 32.2 Å². The molecular weight excluding hydrogens is 438 g/mol. The van der Waals surface area contributed by atoms with Gasteiger partial charge in [0, 0.05) is 23.5 Å². The third-order valence-corrected chi connectivity index (χ3v) is 7.43. The van der Waals surface area contributed by atoms with Crippen molar-refractivity contribution in [3.8, 4) is 23.0 Å². The van der Waals surface area contributed by atoms with Crippen LogP contribution in [0.25, 0.3) is 27.4 Å². The van der Waals surface area contributed by atoms with Crippen LogP contribution in [-0.2, 0) is 24.1 Å². The van der Waals surface area contributed by atoms with E-state index in [-0.39, 0.29) is 0 Å². The second-order valence-corrected chi connectivity index (χ2v) is 9.46. The Morgan fingerprint density at radius 2 is 2.00 bits per heavy atom. The molecule has 1 fully saturated rings. The molecule has 0 bridgehead atoms. The highest BCUT2D eigenvalue weighted by Gasteiger charge is 2.24. The van der Waals surface area contributed by atoms with Crippen molar-refractivity contribution >= 4 is 21.6 Å². The number of hydrogen-bond donors (Lipinski definition) is 0. The number of thiophene rings is 1. The molecule has 1 aliphatic heterocycles. The third-order valence-electron chi connectivity index (χ3n) is 6.24. The molecule has 170 valence electrons. The summed E-state index contributed by atoms with van der Waals surface area (Å²) in [6.45, 7) is 3.96. The zero-order chi connectivity index (χ0) is 22.2. The van der Waals surface area contributed by atoms with Crippen LogP contribution in [0.2, 0.25) is 0 Å². The van der Waals surface area contributed by atoms with Crippen LogP contribution in [0.5, 0.6) is 5.75 Å². The number of hydrogen-bond acceptors (Lipinski definition) is 9. The number of benzene rings is 1. The van der Waals surface area contributed by atoms with Gasteiger partial charge in [-0.3, -0.25) is 4.90 Å². The average molecular weight is 464 g/mol. The molecule has 4 heterocycles. The lowest BCUT2D eigenvalue weighted by Crippen LogP contribution is -2.36. The van der Waals surface area contributed by atoms with Crippen molar-refractivity contribution in [1.82, 2.24) is 35.1 Å². The monoisotopic (exact) mass is 463 g/mol. The maximum Gasteiger partial charge on any atom is 0.205 e. The van der Waals surface area contributed by atoms with Gasteiger partial charge in [0.05, 0.1) is 32.3 Å². The summed E-state index contributed by atoms with van der Waals surface area (Å²) >= 11 is 1.79. The van der Waals surface area contributed by atoms with Crippen LogP contribution in [-0.4, -0.2) is 68.5 Å². The Labute approximate surface area is 195 Å². The molecular formula is C23H25N7O2S. The Hall–Kier alpha value is -2.95. The van der Waals surface area contributed by atoms with E-state index in [9.17, 15) is 0 Å². The Bertz CT molecular complexity index is 1300. The van der Waals surface area contributed by atoms with Crippen LogP contribution in [0.15, 0.2) is 24.3 Å². The molecule has 0 radical (unpaired) electrons. The van der Waals surface area contributed by atoms with Crippen molar-refractivity contribution in [3.63, 3.8) is 0 Å². The summed E-state index contributed by atoms with van der Waals surface area (Å²) in [7, 11) is 1.65. The first-order valence-electron chi connectivity index (χ1n) is 11.3. The van der Waals surface area contributed by atoms with Crippen molar-refractivity contribution in [1.29, 1.82) is 0 Å². The van der Waals surface area contributed by atoms with E-state index < -0.39 is 0 Å². The molecule has 4 aromatic rings. The lowest BCUT2D eigenvalue weighted by atomic mass is 9.97. The molecule has 33 heavy (non-hydrogen) atoms. The number of rotatable bonds is 5. The Morgan fingerprint density at radius 3 is 2.88 bits per heavy atom. The van der Waals surface area contributed by atoms with Crippen LogP contribution in [0.1, 0.15) is 29.1 Å². The van der Waals surface area contributed by atoms with E-state index in [1.165, 1.54) is 23.3 Å². The molecule has 2 aliphatic rings. The first-order valence-corrected chi connectivity index (χ1v) is 12.2. The summed E-state index contributed by atoms with van der Waals surface area (Å²) < 4.78 is 10.8. The highest BCUT2D eigenvalue weighted by molar-refractivity contribution is 7.18. The van der Waals surface area contributed by atoms with E-state index in [0.29, 0.717) is 12.4 Å². The second kappa shape index (κ2) is 8.77. The van der Waals surface area contributed by atoms with E-state index in [4.69, 9.17) is 24.5 Å². The molecule has 0 atom stereocenters. The standard InChI is InChI=1S/C23H25N7O2S/c1-31-16-6-4-5-15(13-16)21-26-28-30(27-21)22-20-17-7-2-3-8-18(17)33-23(20)25-19(24-22)14-29-9-11-32-12-10-29/h4-6,13H,2-3,7-12,14H2,1H3. The van der Waals surface area contributed by atoms with Gasteiger partial charge >= 0.3 is 0 Å². The van der Waals surface area contributed by atoms with Gasteiger partial charge in [-0.05, 0) is 48.6 Å². The zero-order valence-corrected chi connectivity index (χ0v) is 19.3. The van der Waals surface area contributed by atoms with Gasteiger partial charge in [-0.1, -0.05) is 12.1 Å². The summed E-state index contributed by atoms with van der Waals surface area (Å²) in [6.07, 6.45) is 4.57. The van der Waals surface area contributed by atoms with Gasteiger partial charge in [-0.25, -0.2) is 9.97 Å². The number of aryl methyl sites for hydroxylation is 2. The van der Waals surface area contributed by atoms with E-state index in [1.807, 2.05) is 24.3 Å². The van der Waals surface area contributed by atoms with Gasteiger partial charge in [0.1, 0.15) is 16.4 Å². The van der Waals surface area contributed by atoms with Gasteiger partial charge in [0.15, 0.2) is 5.82 Å². The fourth-order valence-corrected chi connectivity index (χ4v) is 5.81. The molecule has 1 aliphatic carbocycles.